The molecule has 0 aromatic heterocycles. The van der Waals surface area contributed by atoms with E-state index in [1.165, 1.54) is 135 Å². The SMILES string of the molecule is CC/C=C\C/C=C\C/C=C\C/C=C\C/C=C\CCCCCCCCCCCCCC(=O)OC1C(OCC(NC(=O)C(O)CCCC/C=C\CCCCCCCC)C(O)/C=C/CCCCCCCCCCCC)OC(CO)C(O)C1O. The van der Waals surface area contributed by atoms with Crippen molar-refractivity contribution in [2.45, 2.75) is 327 Å². The molecule has 1 rings (SSSR count). The van der Waals surface area contributed by atoms with Gasteiger partial charge in [0.05, 0.1) is 25.4 Å². The van der Waals surface area contributed by atoms with Crippen LogP contribution in [0.5, 0.6) is 0 Å². The van der Waals surface area contributed by atoms with Crippen molar-refractivity contribution in [1.29, 1.82) is 0 Å². The number of aliphatic hydroxyl groups excluding tert-OH is 5. The number of unbranched alkanes of at least 4 members (excludes halogenated alkanes) is 29. The molecule has 8 unspecified atom stereocenters. The van der Waals surface area contributed by atoms with Gasteiger partial charge in [-0.05, 0) is 96.3 Å². The van der Waals surface area contributed by atoms with Crippen molar-refractivity contribution in [2.24, 2.45) is 0 Å². The van der Waals surface area contributed by atoms with Crippen molar-refractivity contribution in [3.05, 3.63) is 85.1 Å². The predicted octanol–water partition coefficient (Wildman–Crippen LogP) is 16.1. The van der Waals surface area contributed by atoms with Crippen LogP contribution >= 0.6 is 0 Å². The van der Waals surface area contributed by atoms with Gasteiger partial charge in [-0.25, -0.2) is 0 Å². The first kappa shape index (κ1) is 74.9. The van der Waals surface area contributed by atoms with E-state index in [-0.39, 0.29) is 19.4 Å². The molecule has 0 spiro atoms. The van der Waals surface area contributed by atoms with Gasteiger partial charge in [0.1, 0.15) is 24.4 Å². The van der Waals surface area contributed by atoms with Gasteiger partial charge in [-0.2, -0.15) is 0 Å². The van der Waals surface area contributed by atoms with Crippen LogP contribution in [0.3, 0.4) is 0 Å². The van der Waals surface area contributed by atoms with Crippen molar-refractivity contribution < 1.29 is 49.3 Å². The van der Waals surface area contributed by atoms with Crippen LogP contribution in [0.1, 0.15) is 278 Å². The Morgan fingerprint density at radius 1 is 0.500 bits per heavy atom. The Kier molecular flexibility index (Phi) is 52.7. The monoisotopic (exact) mass is 1120 g/mol. The summed E-state index contributed by atoms with van der Waals surface area (Å²) in [6.07, 6.45) is 63.4. The lowest BCUT2D eigenvalue weighted by Crippen LogP contribution is -2.61. The second kappa shape index (κ2) is 56.3. The van der Waals surface area contributed by atoms with Crippen LogP contribution < -0.4 is 5.32 Å². The third-order valence-electron chi connectivity index (χ3n) is 15.0. The molecule has 11 heteroatoms. The van der Waals surface area contributed by atoms with Crippen LogP contribution in [0.2, 0.25) is 0 Å². The first-order valence-corrected chi connectivity index (χ1v) is 32.9. The second-order valence-electron chi connectivity index (χ2n) is 22.5. The second-order valence-corrected chi connectivity index (χ2v) is 22.5. The van der Waals surface area contributed by atoms with E-state index >= 15 is 0 Å². The molecule has 462 valence electrons. The van der Waals surface area contributed by atoms with Gasteiger partial charge >= 0.3 is 5.97 Å². The number of esters is 1. The molecule has 0 aliphatic carbocycles. The van der Waals surface area contributed by atoms with E-state index < -0.39 is 67.4 Å². The fourth-order valence-corrected chi connectivity index (χ4v) is 9.85. The molecule has 1 aliphatic heterocycles. The number of hydrogen-bond acceptors (Lipinski definition) is 10. The maximum atomic E-state index is 13.4. The minimum atomic E-state index is -1.62. The number of carbonyl (C=O) groups is 2. The fourth-order valence-electron chi connectivity index (χ4n) is 9.85. The Hall–Kier alpha value is -3.16. The summed E-state index contributed by atoms with van der Waals surface area (Å²) in [5.74, 6) is -1.21. The molecule has 1 aliphatic rings. The third kappa shape index (κ3) is 43.5. The zero-order valence-electron chi connectivity index (χ0n) is 51.2. The first-order chi connectivity index (χ1) is 39.2. The van der Waals surface area contributed by atoms with Crippen LogP contribution in [0.4, 0.5) is 0 Å². The average Bonchev–Trinajstić information content (AvgIpc) is 3.46. The number of amides is 1. The number of allylic oxidation sites excluding steroid dienone is 13. The van der Waals surface area contributed by atoms with Crippen molar-refractivity contribution in [3.63, 3.8) is 0 Å². The lowest BCUT2D eigenvalue weighted by atomic mass is 9.99. The highest BCUT2D eigenvalue weighted by Gasteiger charge is 2.47. The van der Waals surface area contributed by atoms with E-state index in [0.29, 0.717) is 12.8 Å². The van der Waals surface area contributed by atoms with E-state index in [4.69, 9.17) is 14.2 Å². The molecule has 1 fully saturated rings. The Labute approximate surface area is 489 Å². The van der Waals surface area contributed by atoms with E-state index in [9.17, 15) is 35.1 Å². The number of rotatable bonds is 55. The average molecular weight is 1120 g/mol. The van der Waals surface area contributed by atoms with Crippen molar-refractivity contribution >= 4 is 11.9 Å². The number of hydrogen-bond donors (Lipinski definition) is 6. The molecule has 8 atom stereocenters. The number of aliphatic hydroxyl groups is 5. The molecule has 11 nitrogen and oxygen atoms in total. The molecule has 0 bridgehead atoms. The molecular formula is C69H121NO10. The Morgan fingerprint density at radius 3 is 1.36 bits per heavy atom. The maximum absolute atomic E-state index is 13.4. The summed E-state index contributed by atoms with van der Waals surface area (Å²) >= 11 is 0. The van der Waals surface area contributed by atoms with Gasteiger partial charge in [-0.3, -0.25) is 9.59 Å². The summed E-state index contributed by atoms with van der Waals surface area (Å²) in [6, 6.07) is -1.03. The summed E-state index contributed by atoms with van der Waals surface area (Å²) < 4.78 is 17.6. The van der Waals surface area contributed by atoms with Gasteiger partial charge < -0.3 is 45.1 Å². The van der Waals surface area contributed by atoms with Crippen molar-refractivity contribution in [3.8, 4) is 0 Å². The van der Waals surface area contributed by atoms with Crippen molar-refractivity contribution in [2.75, 3.05) is 13.2 Å². The summed E-state index contributed by atoms with van der Waals surface area (Å²) in [6.45, 7) is 5.65. The normalized spacial score (nSPS) is 19.3. The minimum absolute atomic E-state index is 0.115. The zero-order chi connectivity index (χ0) is 58.2. The molecule has 80 heavy (non-hydrogen) atoms. The van der Waals surface area contributed by atoms with Gasteiger partial charge in [0, 0.05) is 6.42 Å². The Morgan fingerprint density at radius 2 is 0.900 bits per heavy atom. The van der Waals surface area contributed by atoms with E-state index in [2.05, 4.69) is 99.0 Å². The quantitative estimate of drug-likeness (QED) is 0.0195. The van der Waals surface area contributed by atoms with Crippen LogP contribution in [0, 0.1) is 0 Å². The minimum Gasteiger partial charge on any atom is -0.454 e. The van der Waals surface area contributed by atoms with Gasteiger partial charge in [0.2, 0.25) is 5.91 Å². The zero-order valence-corrected chi connectivity index (χ0v) is 51.2. The molecule has 1 saturated heterocycles. The smallest absolute Gasteiger partial charge is 0.306 e. The van der Waals surface area contributed by atoms with Crippen LogP contribution in [-0.2, 0) is 23.8 Å². The Bertz CT molecular complexity index is 1620. The predicted molar refractivity (Wildman–Crippen MR) is 333 cm³/mol. The van der Waals surface area contributed by atoms with Crippen molar-refractivity contribution in [1.82, 2.24) is 5.32 Å². The fraction of sp³-hybridized carbons (Fsp3) is 0.768. The molecule has 6 N–H and O–H groups in total. The van der Waals surface area contributed by atoms with E-state index in [1.54, 1.807) is 6.08 Å². The molecule has 0 aromatic rings. The number of nitrogens with one attached hydrogen (secondary N) is 1. The van der Waals surface area contributed by atoms with Gasteiger partial charge in [0.15, 0.2) is 12.4 Å². The highest BCUT2D eigenvalue weighted by molar-refractivity contribution is 5.80. The van der Waals surface area contributed by atoms with Gasteiger partial charge in [0.25, 0.3) is 0 Å². The molecule has 1 amide bonds. The summed E-state index contributed by atoms with van der Waals surface area (Å²) in [5, 5.41) is 57.0. The van der Waals surface area contributed by atoms with E-state index in [0.717, 1.165) is 96.3 Å². The summed E-state index contributed by atoms with van der Waals surface area (Å²) in [4.78, 5) is 26.5. The standard InChI is InChI=1S/C69H121NO10/c1-4-7-10-13-16-19-22-25-26-27-28-29-30-31-32-33-34-35-36-37-38-39-42-45-48-51-54-57-64(74)80-67-66(76)65(75)63(58-71)79-69(67)78-59-60(61(72)55-52-49-46-43-40-23-20-17-14-11-8-5-2)70-68(77)62(73)56-53-50-47-44-41-24-21-18-15-12-9-6-3/h7,10,16,19,25-26,28-29,31-32,41,44,52,55,60-63,65-67,69,71-73,75-76H,4-6,8-9,11-15,17-18,20-24,27,30,33-40,42-43,45-51,53-54,56-59H2,1-3H3,(H,70,77)/b10-7-,19-16-,26-25-,29-28-,32-31-,44-41-,55-52+. The largest absolute Gasteiger partial charge is 0.454 e. The summed E-state index contributed by atoms with van der Waals surface area (Å²) in [7, 11) is 0. The third-order valence-corrected chi connectivity index (χ3v) is 15.0. The maximum Gasteiger partial charge on any atom is 0.306 e. The molecule has 0 radical (unpaired) electrons. The molecule has 0 aromatic carbocycles. The van der Waals surface area contributed by atoms with Gasteiger partial charge in [-0.1, -0.05) is 260 Å². The highest BCUT2D eigenvalue weighted by Crippen LogP contribution is 2.26. The first-order valence-electron chi connectivity index (χ1n) is 32.9. The Balaban J connectivity index is 2.57. The number of carbonyl (C=O) groups excluding carboxylic acids is 2. The molecular weight excluding hydrogens is 1000 g/mol. The van der Waals surface area contributed by atoms with Gasteiger partial charge in [-0.15, -0.1) is 0 Å². The van der Waals surface area contributed by atoms with Crippen LogP contribution in [0.15, 0.2) is 85.1 Å². The molecule has 1 heterocycles. The topological polar surface area (TPSA) is 175 Å². The lowest BCUT2D eigenvalue weighted by molar-refractivity contribution is -0.305. The highest BCUT2D eigenvalue weighted by atomic mass is 16.7. The van der Waals surface area contributed by atoms with E-state index in [1.807, 2.05) is 6.08 Å². The van der Waals surface area contributed by atoms with Crippen LogP contribution in [0.25, 0.3) is 0 Å². The lowest BCUT2D eigenvalue weighted by Gasteiger charge is -2.41. The summed E-state index contributed by atoms with van der Waals surface area (Å²) in [5.41, 5.74) is 0. The van der Waals surface area contributed by atoms with Crippen LogP contribution in [-0.4, -0.2) is 99.6 Å². The molecule has 0 saturated carbocycles. The number of ether oxygens (including phenoxy) is 3.